The van der Waals surface area contributed by atoms with Crippen LogP contribution in [0.3, 0.4) is 0 Å². The van der Waals surface area contributed by atoms with E-state index in [-0.39, 0.29) is 29.8 Å². The fourth-order valence-electron chi connectivity index (χ4n) is 2.75. The molecule has 1 aliphatic rings. The zero-order valence-corrected chi connectivity index (χ0v) is 16.2. The highest BCUT2D eigenvalue weighted by Crippen LogP contribution is 2.29. The normalized spacial score (nSPS) is 18.0. The third kappa shape index (κ3) is 3.71. The van der Waals surface area contributed by atoms with Gasteiger partial charge < -0.3 is 4.74 Å². The SMILES string of the molecule is Cc1ccc([N+](=O)[O-])cc1S(=O)(=O)N1CCC(Oc2ncccc2Br)C1. The summed E-state index contributed by atoms with van der Waals surface area (Å²) in [5.74, 6) is 0.406. The van der Waals surface area contributed by atoms with Gasteiger partial charge in [0, 0.05) is 24.9 Å². The van der Waals surface area contributed by atoms with Gasteiger partial charge in [-0.3, -0.25) is 10.1 Å². The number of hydrogen-bond donors (Lipinski definition) is 0. The maximum atomic E-state index is 12.9. The number of non-ortho nitro benzene ring substituents is 1. The lowest BCUT2D eigenvalue weighted by Crippen LogP contribution is -2.31. The van der Waals surface area contributed by atoms with Gasteiger partial charge in [-0.2, -0.15) is 4.31 Å². The lowest BCUT2D eigenvalue weighted by Gasteiger charge is -2.18. The van der Waals surface area contributed by atoms with Gasteiger partial charge in [-0.25, -0.2) is 13.4 Å². The molecule has 3 rings (SSSR count). The van der Waals surface area contributed by atoms with Gasteiger partial charge >= 0.3 is 0 Å². The molecule has 0 amide bonds. The van der Waals surface area contributed by atoms with E-state index < -0.39 is 14.9 Å². The second-order valence-corrected chi connectivity index (χ2v) is 8.65. The van der Waals surface area contributed by atoms with E-state index in [1.807, 2.05) is 0 Å². The number of nitro groups is 1. The van der Waals surface area contributed by atoms with Crippen molar-refractivity contribution in [3.8, 4) is 5.88 Å². The minimum absolute atomic E-state index is 0.0497. The molecule has 0 radical (unpaired) electrons. The smallest absolute Gasteiger partial charge is 0.270 e. The van der Waals surface area contributed by atoms with Crippen LogP contribution in [0.1, 0.15) is 12.0 Å². The Balaban J connectivity index is 1.80. The Hall–Kier alpha value is -2.04. The molecular formula is C16H16BrN3O5S. The molecule has 0 spiro atoms. The first-order valence-corrected chi connectivity index (χ1v) is 10.0. The molecule has 1 saturated heterocycles. The molecule has 138 valence electrons. The number of nitrogens with zero attached hydrogens (tertiary/aromatic N) is 3. The van der Waals surface area contributed by atoms with E-state index in [9.17, 15) is 18.5 Å². The molecule has 1 unspecified atom stereocenters. The number of benzene rings is 1. The van der Waals surface area contributed by atoms with Crippen LogP contribution in [-0.4, -0.2) is 41.8 Å². The molecule has 1 atom stereocenters. The summed E-state index contributed by atoms with van der Waals surface area (Å²) in [6.45, 7) is 2.05. The average Bonchev–Trinajstić information content (AvgIpc) is 3.06. The van der Waals surface area contributed by atoms with Crippen LogP contribution in [0.15, 0.2) is 45.9 Å². The van der Waals surface area contributed by atoms with E-state index in [4.69, 9.17) is 4.74 Å². The molecule has 1 aliphatic heterocycles. The summed E-state index contributed by atoms with van der Waals surface area (Å²) >= 11 is 3.34. The minimum atomic E-state index is -3.84. The van der Waals surface area contributed by atoms with Crippen molar-refractivity contribution in [2.45, 2.75) is 24.3 Å². The monoisotopic (exact) mass is 441 g/mol. The van der Waals surface area contributed by atoms with Gasteiger partial charge in [-0.1, -0.05) is 6.07 Å². The zero-order valence-electron chi connectivity index (χ0n) is 13.8. The first-order valence-electron chi connectivity index (χ1n) is 7.81. The molecular weight excluding hydrogens is 426 g/mol. The third-order valence-electron chi connectivity index (χ3n) is 4.11. The first-order chi connectivity index (χ1) is 12.3. The third-order valence-corrected chi connectivity index (χ3v) is 6.72. The van der Waals surface area contributed by atoms with Crippen LogP contribution in [-0.2, 0) is 10.0 Å². The van der Waals surface area contributed by atoms with E-state index in [0.717, 1.165) is 6.07 Å². The molecule has 0 bridgehead atoms. The number of nitro benzene ring substituents is 1. The molecule has 10 heteroatoms. The molecule has 1 aromatic heterocycles. The quantitative estimate of drug-likeness (QED) is 0.521. The average molecular weight is 442 g/mol. The van der Waals surface area contributed by atoms with Crippen molar-refractivity contribution in [2.24, 2.45) is 0 Å². The number of pyridine rings is 1. The van der Waals surface area contributed by atoms with E-state index >= 15 is 0 Å². The Kier molecular flexibility index (Phi) is 5.26. The van der Waals surface area contributed by atoms with E-state index in [1.165, 1.54) is 16.4 Å². The van der Waals surface area contributed by atoms with Crippen molar-refractivity contribution in [2.75, 3.05) is 13.1 Å². The van der Waals surface area contributed by atoms with Crippen LogP contribution in [0.5, 0.6) is 5.88 Å². The van der Waals surface area contributed by atoms with E-state index in [2.05, 4.69) is 20.9 Å². The molecule has 26 heavy (non-hydrogen) atoms. The van der Waals surface area contributed by atoms with Gasteiger partial charge in [-0.15, -0.1) is 0 Å². The lowest BCUT2D eigenvalue weighted by molar-refractivity contribution is -0.385. The van der Waals surface area contributed by atoms with Crippen LogP contribution < -0.4 is 4.74 Å². The predicted octanol–water partition coefficient (Wildman–Crippen LogP) is 2.90. The van der Waals surface area contributed by atoms with Gasteiger partial charge in [-0.05, 0) is 47.0 Å². The maximum absolute atomic E-state index is 12.9. The minimum Gasteiger partial charge on any atom is -0.472 e. The standard InChI is InChI=1S/C16H16BrN3O5S/c1-11-4-5-12(20(21)22)9-15(11)26(23,24)19-8-6-13(10-19)25-16-14(17)3-2-7-18-16/h2-5,7,9,13H,6,8,10H2,1H3. The summed E-state index contributed by atoms with van der Waals surface area (Å²) < 4.78 is 33.6. The number of aromatic nitrogens is 1. The van der Waals surface area contributed by atoms with Gasteiger partial charge in [0.05, 0.1) is 20.8 Å². The Labute approximate surface area is 159 Å². The molecule has 0 N–H and O–H groups in total. The highest BCUT2D eigenvalue weighted by molar-refractivity contribution is 9.10. The number of halogens is 1. The molecule has 8 nitrogen and oxygen atoms in total. The Morgan fingerprint density at radius 2 is 2.15 bits per heavy atom. The van der Waals surface area contributed by atoms with E-state index in [0.29, 0.717) is 22.3 Å². The summed E-state index contributed by atoms with van der Waals surface area (Å²) in [6.07, 6.45) is 1.77. The van der Waals surface area contributed by atoms with Gasteiger partial charge in [0.2, 0.25) is 15.9 Å². The van der Waals surface area contributed by atoms with Crippen LogP contribution in [0.25, 0.3) is 0 Å². The number of rotatable bonds is 5. The van der Waals surface area contributed by atoms with Crippen LogP contribution in [0.4, 0.5) is 5.69 Å². The predicted molar refractivity (Wildman–Crippen MR) is 97.6 cm³/mol. The van der Waals surface area contributed by atoms with Gasteiger partial charge in [0.1, 0.15) is 6.10 Å². The zero-order chi connectivity index (χ0) is 18.9. The highest BCUT2D eigenvalue weighted by Gasteiger charge is 2.35. The number of ether oxygens (including phenoxy) is 1. The topological polar surface area (TPSA) is 103 Å². The summed E-state index contributed by atoms with van der Waals surface area (Å²) in [5, 5.41) is 11.0. The fraction of sp³-hybridized carbons (Fsp3) is 0.312. The van der Waals surface area contributed by atoms with Gasteiger partial charge in [0.15, 0.2) is 0 Å². The fourth-order valence-corrected chi connectivity index (χ4v) is 4.83. The second-order valence-electron chi connectivity index (χ2n) is 5.89. The van der Waals surface area contributed by atoms with Crippen molar-refractivity contribution in [3.05, 3.63) is 56.7 Å². The van der Waals surface area contributed by atoms with Crippen molar-refractivity contribution in [1.29, 1.82) is 0 Å². The Bertz CT molecular complexity index is 951. The van der Waals surface area contributed by atoms with Crippen LogP contribution in [0, 0.1) is 17.0 Å². The highest BCUT2D eigenvalue weighted by atomic mass is 79.9. The largest absolute Gasteiger partial charge is 0.472 e. The number of sulfonamides is 1. The van der Waals surface area contributed by atoms with E-state index in [1.54, 1.807) is 25.3 Å². The van der Waals surface area contributed by atoms with Crippen LogP contribution >= 0.6 is 15.9 Å². The second kappa shape index (κ2) is 7.29. The van der Waals surface area contributed by atoms with Crippen molar-refractivity contribution >= 4 is 31.6 Å². The lowest BCUT2D eigenvalue weighted by atomic mass is 10.2. The molecule has 0 saturated carbocycles. The Morgan fingerprint density at radius 1 is 1.38 bits per heavy atom. The van der Waals surface area contributed by atoms with Gasteiger partial charge in [0.25, 0.3) is 5.69 Å². The Morgan fingerprint density at radius 3 is 2.85 bits per heavy atom. The number of aryl methyl sites for hydroxylation is 1. The summed E-state index contributed by atoms with van der Waals surface area (Å²) in [5.41, 5.74) is 0.214. The first kappa shape index (κ1) is 18.7. The summed E-state index contributed by atoms with van der Waals surface area (Å²) in [6, 6.07) is 7.39. The van der Waals surface area contributed by atoms with Crippen molar-refractivity contribution in [1.82, 2.24) is 9.29 Å². The molecule has 0 aliphatic carbocycles. The summed E-state index contributed by atoms with van der Waals surface area (Å²) in [4.78, 5) is 14.4. The van der Waals surface area contributed by atoms with Crippen molar-refractivity contribution < 1.29 is 18.1 Å². The number of hydrogen-bond acceptors (Lipinski definition) is 6. The summed E-state index contributed by atoms with van der Waals surface area (Å²) in [7, 11) is -3.84. The molecule has 2 heterocycles. The van der Waals surface area contributed by atoms with Crippen LogP contribution in [0.2, 0.25) is 0 Å². The van der Waals surface area contributed by atoms with Crippen molar-refractivity contribution in [3.63, 3.8) is 0 Å². The molecule has 1 fully saturated rings. The molecule has 1 aromatic carbocycles. The maximum Gasteiger partial charge on any atom is 0.270 e. The molecule has 2 aromatic rings.